The fraction of sp³-hybridized carbons (Fsp3) is 0. The van der Waals surface area contributed by atoms with E-state index in [1.54, 1.807) is 6.08 Å². The van der Waals surface area contributed by atoms with E-state index in [4.69, 9.17) is 5.11 Å². The van der Waals surface area contributed by atoms with Crippen molar-refractivity contribution in [2.75, 3.05) is 0 Å². The molecular formula is C9H8O2. The lowest BCUT2D eigenvalue weighted by Crippen LogP contribution is -1.85. The molecule has 56 valence electrons. The molecular weight excluding hydrogens is 141 g/mol. The maximum absolute atomic E-state index is 10.1. The Morgan fingerprint density at radius 2 is 1.91 bits per heavy atom. The molecule has 0 radical (unpaired) electrons. The zero-order chi connectivity index (χ0) is 8.10. The van der Waals surface area contributed by atoms with Crippen LogP contribution in [0.25, 0.3) is 6.08 Å². The van der Waals surface area contributed by atoms with Crippen LogP contribution in [0.3, 0.4) is 0 Å². The second-order valence-electron chi connectivity index (χ2n) is 2.08. The number of benzene rings is 1. The first-order valence-electron chi connectivity index (χ1n) is 3.25. The third kappa shape index (κ3) is 2.67. The summed E-state index contributed by atoms with van der Waals surface area (Å²) >= 11 is 0. The molecule has 0 heterocycles. The molecule has 1 N–H and O–H groups in total. The molecule has 0 aliphatic rings. The lowest BCUT2D eigenvalue weighted by atomic mass is 10.2. The number of aliphatic carboxylic acids is 1. The van der Waals surface area contributed by atoms with Crippen molar-refractivity contribution in [1.29, 1.82) is 0 Å². The Balaban J connectivity index is 2.72. The Morgan fingerprint density at radius 3 is 2.45 bits per heavy atom. The normalized spacial score (nSPS) is 10.2. The van der Waals surface area contributed by atoms with Crippen LogP contribution < -0.4 is 0 Å². The first-order valence-corrected chi connectivity index (χ1v) is 3.25. The fourth-order valence-electron chi connectivity index (χ4n) is 0.732. The van der Waals surface area contributed by atoms with Crippen LogP contribution in [0.1, 0.15) is 5.56 Å². The smallest absolute Gasteiger partial charge is 0.328 e. The number of carbonyl (C=O) groups is 1. The summed E-state index contributed by atoms with van der Waals surface area (Å²) < 4.78 is 0. The summed E-state index contributed by atoms with van der Waals surface area (Å²) in [6, 6.07) is 9.31. The summed E-state index contributed by atoms with van der Waals surface area (Å²) in [6.45, 7) is 0. The van der Waals surface area contributed by atoms with E-state index in [1.165, 1.54) is 0 Å². The Kier molecular flexibility index (Phi) is 2.44. The van der Waals surface area contributed by atoms with Gasteiger partial charge < -0.3 is 5.11 Å². The summed E-state index contributed by atoms with van der Waals surface area (Å²) in [4.78, 5) is 10.1. The van der Waals surface area contributed by atoms with Crippen molar-refractivity contribution in [3.8, 4) is 0 Å². The van der Waals surface area contributed by atoms with Gasteiger partial charge in [0, 0.05) is 6.08 Å². The maximum Gasteiger partial charge on any atom is 0.328 e. The first kappa shape index (κ1) is 7.54. The van der Waals surface area contributed by atoms with Crippen LogP contribution >= 0.6 is 0 Å². The van der Waals surface area contributed by atoms with Gasteiger partial charge in [0.25, 0.3) is 0 Å². The summed E-state index contributed by atoms with van der Waals surface area (Å²) in [6.07, 6.45) is 2.68. The summed E-state index contributed by atoms with van der Waals surface area (Å²) in [5, 5.41) is 8.29. The van der Waals surface area contributed by atoms with Gasteiger partial charge in [-0.25, -0.2) is 4.79 Å². The summed E-state index contributed by atoms with van der Waals surface area (Å²) in [5.74, 6) is -0.922. The minimum Gasteiger partial charge on any atom is -0.478 e. The van der Waals surface area contributed by atoms with Crippen molar-refractivity contribution in [1.82, 2.24) is 0 Å². The van der Waals surface area contributed by atoms with Crippen molar-refractivity contribution in [3.63, 3.8) is 0 Å². The molecule has 11 heavy (non-hydrogen) atoms. The molecule has 1 aromatic carbocycles. The van der Waals surface area contributed by atoms with Crippen molar-refractivity contribution in [2.45, 2.75) is 0 Å². The maximum atomic E-state index is 10.1. The molecule has 2 heteroatoms. The van der Waals surface area contributed by atoms with Crippen LogP contribution in [0.15, 0.2) is 36.4 Å². The van der Waals surface area contributed by atoms with E-state index in [2.05, 4.69) is 0 Å². The van der Waals surface area contributed by atoms with E-state index in [0.717, 1.165) is 11.6 Å². The molecule has 0 aromatic heterocycles. The first-order chi connectivity index (χ1) is 5.29. The summed E-state index contributed by atoms with van der Waals surface area (Å²) in [7, 11) is 0. The van der Waals surface area contributed by atoms with Crippen LogP contribution in [0, 0.1) is 0 Å². The highest BCUT2D eigenvalue weighted by Crippen LogP contribution is 1.99. The van der Waals surface area contributed by atoms with E-state index in [1.807, 2.05) is 30.3 Å². The molecule has 0 unspecified atom stereocenters. The standard InChI is InChI=1S/C9H8O2/c10-9(11)7-6-8-4-2-1-3-5-8/h1-7H,(H,10,11)/b7-6+/i9+1. The van der Waals surface area contributed by atoms with Crippen molar-refractivity contribution >= 4 is 12.0 Å². The topological polar surface area (TPSA) is 37.3 Å². The van der Waals surface area contributed by atoms with E-state index >= 15 is 0 Å². The minimum absolute atomic E-state index is 0.898. The largest absolute Gasteiger partial charge is 0.478 e. The minimum atomic E-state index is -0.922. The lowest BCUT2D eigenvalue weighted by Gasteiger charge is -1.87. The SMILES string of the molecule is O=[13C](O)/C=C/c1ccccc1. The van der Waals surface area contributed by atoms with Gasteiger partial charge in [-0.05, 0) is 11.6 Å². The molecule has 0 saturated carbocycles. The third-order valence-corrected chi connectivity index (χ3v) is 1.22. The Labute approximate surface area is 64.8 Å². The van der Waals surface area contributed by atoms with Crippen LogP contribution in [-0.2, 0) is 4.79 Å². The molecule has 0 spiro atoms. The van der Waals surface area contributed by atoms with E-state index in [9.17, 15) is 4.79 Å². The zero-order valence-electron chi connectivity index (χ0n) is 5.90. The number of hydrogen-bond acceptors (Lipinski definition) is 1. The molecule has 1 aromatic rings. The van der Waals surface area contributed by atoms with Gasteiger partial charge in [0.05, 0.1) is 0 Å². The fourth-order valence-corrected chi connectivity index (χ4v) is 0.732. The second kappa shape index (κ2) is 3.56. The highest BCUT2D eigenvalue weighted by molar-refractivity contribution is 5.85. The van der Waals surface area contributed by atoms with Crippen molar-refractivity contribution in [2.24, 2.45) is 0 Å². The number of hydrogen-bond donors (Lipinski definition) is 1. The molecule has 0 bridgehead atoms. The van der Waals surface area contributed by atoms with Crippen LogP contribution in [0.5, 0.6) is 0 Å². The van der Waals surface area contributed by atoms with E-state index < -0.39 is 5.97 Å². The van der Waals surface area contributed by atoms with Gasteiger partial charge in [-0.1, -0.05) is 30.3 Å². The van der Waals surface area contributed by atoms with Gasteiger partial charge in [-0.2, -0.15) is 0 Å². The zero-order valence-corrected chi connectivity index (χ0v) is 5.90. The third-order valence-electron chi connectivity index (χ3n) is 1.22. The van der Waals surface area contributed by atoms with Gasteiger partial charge in [-0.3, -0.25) is 0 Å². The van der Waals surface area contributed by atoms with Gasteiger partial charge >= 0.3 is 5.97 Å². The summed E-state index contributed by atoms with van der Waals surface area (Å²) in [5.41, 5.74) is 0.898. The van der Waals surface area contributed by atoms with Crippen molar-refractivity contribution in [3.05, 3.63) is 42.0 Å². The predicted molar refractivity (Wildman–Crippen MR) is 43.1 cm³/mol. The highest BCUT2D eigenvalue weighted by atomic mass is 16.5. The second-order valence-corrected chi connectivity index (χ2v) is 2.08. The van der Waals surface area contributed by atoms with Crippen LogP contribution in [0.4, 0.5) is 0 Å². The van der Waals surface area contributed by atoms with Gasteiger partial charge in [0.1, 0.15) is 0 Å². The molecule has 2 nitrogen and oxygen atoms in total. The van der Waals surface area contributed by atoms with Crippen LogP contribution in [-0.4, -0.2) is 11.1 Å². The van der Waals surface area contributed by atoms with Crippen molar-refractivity contribution < 1.29 is 9.90 Å². The molecule has 0 aliphatic carbocycles. The molecule has 1 rings (SSSR count). The Morgan fingerprint density at radius 1 is 1.27 bits per heavy atom. The Bertz CT molecular complexity index is 262. The number of carboxylic acids is 1. The molecule has 0 fully saturated rings. The van der Waals surface area contributed by atoms with Gasteiger partial charge in [-0.15, -0.1) is 0 Å². The van der Waals surface area contributed by atoms with Crippen LogP contribution in [0.2, 0.25) is 0 Å². The molecule has 0 amide bonds. The molecule has 0 saturated heterocycles. The van der Waals surface area contributed by atoms with E-state index in [0.29, 0.717) is 0 Å². The predicted octanol–water partition coefficient (Wildman–Crippen LogP) is 1.78. The monoisotopic (exact) mass is 149 g/mol. The van der Waals surface area contributed by atoms with E-state index in [-0.39, 0.29) is 0 Å². The number of rotatable bonds is 2. The molecule has 0 atom stereocenters. The highest BCUT2D eigenvalue weighted by Gasteiger charge is 1.85. The average Bonchev–Trinajstić information content (AvgIpc) is 2.03. The average molecular weight is 149 g/mol. The Hall–Kier alpha value is -1.57. The lowest BCUT2D eigenvalue weighted by molar-refractivity contribution is -0.131. The quantitative estimate of drug-likeness (QED) is 0.514. The van der Waals surface area contributed by atoms with Gasteiger partial charge in [0.15, 0.2) is 0 Å². The van der Waals surface area contributed by atoms with Gasteiger partial charge in [0.2, 0.25) is 0 Å². The molecule has 0 aliphatic heterocycles. The number of carboxylic acid groups (broad SMARTS) is 1.